The van der Waals surface area contributed by atoms with Gasteiger partial charge in [-0.3, -0.25) is 9.59 Å². The zero-order chi connectivity index (χ0) is 17.5. The van der Waals surface area contributed by atoms with Crippen molar-refractivity contribution in [3.8, 4) is 0 Å². The lowest BCUT2D eigenvalue weighted by Crippen LogP contribution is -2.38. The molecule has 1 N–H and O–H groups in total. The van der Waals surface area contributed by atoms with Crippen molar-refractivity contribution < 1.29 is 14.3 Å². The molecule has 0 spiro atoms. The molecule has 1 unspecified atom stereocenters. The van der Waals surface area contributed by atoms with Gasteiger partial charge in [-0.15, -0.1) is 0 Å². The van der Waals surface area contributed by atoms with E-state index in [2.05, 4.69) is 5.32 Å². The summed E-state index contributed by atoms with van der Waals surface area (Å²) >= 11 is 0. The van der Waals surface area contributed by atoms with Crippen LogP contribution < -0.4 is 5.32 Å². The molecule has 0 aliphatic carbocycles. The van der Waals surface area contributed by atoms with Gasteiger partial charge in [0.15, 0.2) is 0 Å². The fraction of sp³-hybridized carbons (Fsp3) is 0.263. The highest BCUT2D eigenvalue weighted by molar-refractivity contribution is 6.39. The number of nitrogens with zero attached hydrogens (tertiary/aromatic N) is 1. The number of hydrogen-bond acceptors (Lipinski definition) is 3. The summed E-state index contributed by atoms with van der Waals surface area (Å²) in [6.07, 6.45) is 0. The molecule has 0 aliphatic heterocycles. The summed E-state index contributed by atoms with van der Waals surface area (Å²) in [5.74, 6) is -1.24. The maximum atomic E-state index is 12.4. The zero-order valence-corrected chi connectivity index (χ0v) is 14.2. The maximum Gasteiger partial charge on any atom is 0.313 e. The summed E-state index contributed by atoms with van der Waals surface area (Å²) < 4.78 is 5.07. The number of benzene rings is 2. The van der Waals surface area contributed by atoms with Crippen LogP contribution in [-0.2, 0) is 20.9 Å². The van der Waals surface area contributed by atoms with Crippen molar-refractivity contribution in [3.63, 3.8) is 0 Å². The Labute approximate surface area is 142 Å². The van der Waals surface area contributed by atoms with Crippen LogP contribution in [-0.4, -0.2) is 30.9 Å². The number of anilines is 1. The van der Waals surface area contributed by atoms with Gasteiger partial charge in [0.2, 0.25) is 0 Å². The Morgan fingerprint density at radius 3 is 2.50 bits per heavy atom. The number of hydrogen-bond donors (Lipinski definition) is 1. The van der Waals surface area contributed by atoms with E-state index < -0.39 is 11.8 Å². The number of methoxy groups -OCH3 is 1. The number of amides is 2. The van der Waals surface area contributed by atoms with E-state index in [4.69, 9.17) is 4.74 Å². The van der Waals surface area contributed by atoms with Crippen LogP contribution in [0.25, 0.3) is 0 Å². The summed E-state index contributed by atoms with van der Waals surface area (Å²) in [6.45, 7) is 2.34. The lowest BCUT2D eigenvalue weighted by Gasteiger charge is -2.24. The summed E-state index contributed by atoms with van der Waals surface area (Å²) in [5, 5.41) is 2.64. The highest BCUT2D eigenvalue weighted by Gasteiger charge is 2.23. The molecule has 5 heteroatoms. The van der Waals surface area contributed by atoms with E-state index in [9.17, 15) is 9.59 Å². The van der Waals surface area contributed by atoms with Crippen molar-refractivity contribution >= 4 is 17.5 Å². The summed E-state index contributed by atoms with van der Waals surface area (Å²) in [6, 6.07) is 16.6. The maximum absolute atomic E-state index is 12.4. The molecule has 0 aliphatic rings. The van der Waals surface area contributed by atoms with Crippen molar-refractivity contribution in [2.24, 2.45) is 0 Å². The van der Waals surface area contributed by atoms with Gasteiger partial charge in [-0.05, 0) is 30.2 Å². The highest BCUT2D eigenvalue weighted by Crippen LogP contribution is 2.19. The van der Waals surface area contributed by atoms with E-state index in [0.29, 0.717) is 12.3 Å². The highest BCUT2D eigenvalue weighted by atomic mass is 16.5. The monoisotopic (exact) mass is 326 g/mol. The molecule has 2 amide bonds. The van der Waals surface area contributed by atoms with E-state index in [-0.39, 0.29) is 6.04 Å². The quantitative estimate of drug-likeness (QED) is 0.859. The third-order valence-electron chi connectivity index (χ3n) is 3.87. The standard InChI is InChI=1S/C19H22N2O3/c1-14(16-9-5-4-6-10-16)21(2)19(23)18(22)20-17-11-7-8-15(12-17)13-24-3/h4-12,14H,13H2,1-3H3,(H,20,22). The normalized spacial score (nSPS) is 11.6. The Morgan fingerprint density at radius 2 is 1.83 bits per heavy atom. The first-order valence-electron chi connectivity index (χ1n) is 7.74. The van der Waals surface area contributed by atoms with Crippen LogP contribution in [0.3, 0.4) is 0 Å². The number of carbonyl (C=O) groups is 2. The van der Waals surface area contributed by atoms with Crippen LogP contribution >= 0.6 is 0 Å². The van der Waals surface area contributed by atoms with Gasteiger partial charge >= 0.3 is 11.8 Å². The van der Waals surface area contributed by atoms with Gasteiger partial charge in [0.25, 0.3) is 0 Å². The number of likely N-dealkylation sites (N-methyl/N-ethyl adjacent to an activating group) is 1. The molecule has 0 saturated carbocycles. The molecule has 0 heterocycles. The Bertz CT molecular complexity index is 701. The van der Waals surface area contributed by atoms with E-state index in [1.54, 1.807) is 26.3 Å². The molecule has 2 aromatic carbocycles. The third kappa shape index (κ3) is 4.43. The van der Waals surface area contributed by atoms with Crippen LogP contribution in [0.2, 0.25) is 0 Å². The minimum Gasteiger partial charge on any atom is -0.380 e. The van der Waals surface area contributed by atoms with Gasteiger partial charge in [0.1, 0.15) is 0 Å². The SMILES string of the molecule is COCc1cccc(NC(=O)C(=O)N(C)C(C)c2ccccc2)c1. The molecule has 1 atom stereocenters. The number of ether oxygens (including phenoxy) is 1. The average Bonchev–Trinajstić information content (AvgIpc) is 2.61. The predicted molar refractivity (Wildman–Crippen MR) is 93.4 cm³/mol. The first-order chi connectivity index (χ1) is 11.5. The van der Waals surface area contributed by atoms with Gasteiger partial charge < -0.3 is 15.0 Å². The second kappa shape index (κ2) is 8.26. The summed E-state index contributed by atoms with van der Waals surface area (Å²) in [5.41, 5.74) is 2.47. The summed E-state index contributed by atoms with van der Waals surface area (Å²) in [7, 11) is 3.23. The number of rotatable bonds is 5. The Kier molecular flexibility index (Phi) is 6.09. The Morgan fingerprint density at radius 1 is 1.12 bits per heavy atom. The average molecular weight is 326 g/mol. The largest absolute Gasteiger partial charge is 0.380 e. The first kappa shape index (κ1) is 17.7. The molecular weight excluding hydrogens is 304 g/mol. The molecule has 2 rings (SSSR count). The third-order valence-corrected chi connectivity index (χ3v) is 3.87. The molecule has 126 valence electrons. The second-order valence-electron chi connectivity index (χ2n) is 5.59. The Balaban J connectivity index is 2.03. The van der Waals surface area contributed by atoms with Crippen LogP contribution in [0.5, 0.6) is 0 Å². The molecule has 5 nitrogen and oxygen atoms in total. The van der Waals surface area contributed by atoms with Crippen LogP contribution in [0.1, 0.15) is 24.1 Å². The predicted octanol–water partition coefficient (Wildman–Crippen LogP) is 2.99. The van der Waals surface area contributed by atoms with Gasteiger partial charge in [-0.2, -0.15) is 0 Å². The number of nitrogens with one attached hydrogen (secondary N) is 1. The Hall–Kier alpha value is -2.66. The fourth-order valence-corrected chi connectivity index (χ4v) is 2.38. The van der Waals surface area contributed by atoms with Crippen LogP contribution in [0, 0.1) is 0 Å². The molecule has 0 aromatic heterocycles. The van der Waals surface area contributed by atoms with E-state index in [1.165, 1.54) is 4.90 Å². The molecule has 0 bridgehead atoms. The minimum atomic E-state index is -0.658. The van der Waals surface area contributed by atoms with Crippen molar-refractivity contribution in [2.75, 3.05) is 19.5 Å². The molecule has 2 aromatic rings. The van der Waals surface area contributed by atoms with Crippen LogP contribution in [0.15, 0.2) is 54.6 Å². The van der Waals surface area contributed by atoms with Crippen molar-refractivity contribution in [2.45, 2.75) is 19.6 Å². The van der Waals surface area contributed by atoms with Crippen molar-refractivity contribution in [1.82, 2.24) is 4.90 Å². The van der Waals surface area contributed by atoms with Crippen LogP contribution in [0.4, 0.5) is 5.69 Å². The number of carbonyl (C=O) groups excluding carboxylic acids is 2. The summed E-state index contributed by atoms with van der Waals surface area (Å²) in [4.78, 5) is 26.0. The van der Waals surface area contributed by atoms with Crippen molar-refractivity contribution in [3.05, 3.63) is 65.7 Å². The van der Waals surface area contributed by atoms with E-state index in [1.807, 2.05) is 49.4 Å². The van der Waals surface area contributed by atoms with Gasteiger partial charge in [0.05, 0.1) is 12.6 Å². The lowest BCUT2D eigenvalue weighted by atomic mass is 10.1. The smallest absolute Gasteiger partial charge is 0.313 e. The van der Waals surface area contributed by atoms with Crippen molar-refractivity contribution in [1.29, 1.82) is 0 Å². The molecule has 24 heavy (non-hydrogen) atoms. The topological polar surface area (TPSA) is 58.6 Å². The molecule has 0 radical (unpaired) electrons. The molecule has 0 fully saturated rings. The molecular formula is C19H22N2O3. The van der Waals surface area contributed by atoms with Gasteiger partial charge in [-0.25, -0.2) is 0 Å². The fourth-order valence-electron chi connectivity index (χ4n) is 2.38. The first-order valence-corrected chi connectivity index (χ1v) is 7.74. The van der Waals surface area contributed by atoms with E-state index >= 15 is 0 Å². The lowest BCUT2D eigenvalue weighted by molar-refractivity contribution is -0.143. The second-order valence-corrected chi connectivity index (χ2v) is 5.59. The zero-order valence-electron chi connectivity index (χ0n) is 14.2. The van der Waals surface area contributed by atoms with Gasteiger partial charge in [0, 0.05) is 19.8 Å². The minimum absolute atomic E-state index is 0.190. The molecule has 0 saturated heterocycles. The van der Waals surface area contributed by atoms with Gasteiger partial charge in [-0.1, -0.05) is 42.5 Å². The van der Waals surface area contributed by atoms with E-state index in [0.717, 1.165) is 11.1 Å².